The van der Waals surface area contributed by atoms with Gasteiger partial charge in [0.25, 0.3) is 0 Å². The molecule has 174 valence electrons. The summed E-state index contributed by atoms with van der Waals surface area (Å²) in [6.07, 6.45) is 5.74. The summed E-state index contributed by atoms with van der Waals surface area (Å²) in [7, 11) is 0. The van der Waals surface area contributed by atoms with Gasteiger partial charge in [-0.2, -0.15) is 0 Å². The molecule has 2 saturated carbocycles. The van der Waals surface area contributed by atoms with Crippen molar-refractivity contribution in [3.63, 3.8) is 0 Å². The van der Waals surface area contributed by atoms with E-state index in [1.54, 1.807) is 0 Å². The van der Waals surface area contributed by atoms with Gasteiger partial charge in [0.1, 0.15) is 6.04 Å². The van der Waals surface area contributed by atoms with Crippen LogP contribution in [0, 0.1) is 35.5 Å². The fourth-order valence-electron chi connectivity index (χ4n) is 6.98. The van der Waals surface area contributed by atoms with E-state index in [-0.39, 0.29) is 41.4 Å². The number of fused-ring (bicyclic) bond motifs is 1. The second-order valence-corrected chi connectivity index (χ2v) is 10.4. The third-order valence-corrected chi connectivity index (χ3v) is 8.63. The Bertz CT molecular complexity index is 1360. The number of hydrogen-bond donors (Lipinski definition) is 1. The van der Waals surface area contributed by atoms with Crippen LogP contribution < -0.4 is 5.32 Å². The van der Waals surface area contributed by atoms with Gasteiger partial charge in [-0.3, -0.25) is 19.3 Å². The lowest BCUT2D eigenvalue weighted by molar-refractivity contribution is -0.146. The van der Waals surface area contributed by atoms with E-state index in [4.69, 9.17) is 0 Å². The van der Waals surface area contributed by atoms with Gasteiger partial charge in [-0.1, -0.05) is 78.9 Å². The Kier molecular flexibility index (Phi) is 4.50. The summed E-state index contributed by atoms with van der Waals surface area (Å²) in [6.45, 7) is 0. The molecule has 1 aliphatic heterocycles. The highest BCUT2D eigenvalue weighted by molar-refractivity contribution is 6.12. The Labute approximate surface area is 203 Å². The molecule has 4 aliphatic carbocycles. The molecular weight excluding hydrogens is 436 g/mol. The van der Waals surface area contributed by atoms with Crippen molar-refractivity contribution in [2.75, 3.05) is 5.32 Å². The lowest BCUT2D eigenvalue weighted by Crippen LogP contribution is -2.49. The number of carbonyl (C=O) groups excluding carboxylic acids is 3. The molecule has 7 atom stereocenters. The quantitative estimate of drug-likeness (QED) is 0.450. The minimum Gasteiger partial charge on any atom is -0.324 e. The van der Waals surface area contributed by atoms with Gasteiger partial charge in [0.2, 0.25) is 17.7 Å². The van der Waals surface area contributed by atoms with Gasteiger partial charge < -0.3 is 5.32 Å². The molecule has 5 aliphatic rings. The molecular formula is C30H26N2O3. The van der Waals surface area contributed by atoms with Gasteiger partial charge in [0, 0.05) is 17.5 Å². The second-order valence-electron chi connectivity index (χ2n) is 10.4. The Morgan fingerprint density at radius 2 is 1.46 bits per heavy atom. The Balaban J connectivity index is 1.25. The van der Waals surface area contributed by atoms with Crippen molar-refractivity contribution in [1.82, 2.24) is 4.90 Å². The largest absolute Gasteiger partial charge is 0.324 e. The summed E-state index contributed by atoms with van der Waals surface area (Å²) in [5.74, 6) is 0.0353. The minimum absolute atomic E-state index is 0.134. The number of amides is 3. The Hall–Kier alpha value is -3.73. The molecule has 35 heavy (non-hydrogen) atoms. The minimum atomic E-state index is -0.891. The maximum Gasteiger partial charge on any atom is 0.248 e. The number of carbonyl (C=O) groups is 3. The molecule has 3 aromatic carbocycles. The number of likely N-dealkylation sites (tertiary alicyclic amines) is 1. The summed E-state index contributed by atoms with van der Waals surface area (Å²) < 4.78 is 0. The topological polar surface area (TPSA) is 66.5 Å². The summed E-state index contributed by atoms with van der Waals surface area (Å²) in [5, 5.41) is 5.01. The lowest BCUT2D eigenvalue weighted by atomic mass is 9.63. The monoisotopic (exact) mass is 462 g/mol. The highest BCUT2D eigenvalue weighted by Crippen LogP contribution is 2.65. The molecule has 3 amide bonds. The van der Waals surface area contributed by atoms with E-state index in [0.717, 1.165) is 22.8 Å². The molecule has 5 nitrogen and oxygen atoms in total. The molecule has 1 heterocycles. The smallest absolute Gasteiger partial charge is 0.248 e. The van der Waals surface area contributed by atoms with Crippen LogP contribution in [-0.2, 0) is 20.8 Å². The lowest BCUT2D eigenvalue weighted by Gasteiger charge is -2.37. The highest BCUT2D eigenvalue weighted by atomic mass is 16.2. The van der Waals surface area contributed by atoms with Crippen LogP contribution in [-0.4, -0.2) is 28.7 Å². The van der Waals surface area contributed by atoms with Gasteiger partial charge in [0.05, 0.1) is 11.8 Å². The van der Waals surface area contributed by atoms with Crippen molar-refractivity contribution >= 4 is 34.2 Å². The molecule has 3 fully saturated rings. The zero-order valence-electron chi connectivity index (χ0n) is 19.2. The second kappa shape index (κ2) is 7.64. The molecule has 8 rings (SSSR count). The van der Waals surface area contributed by atoms with Crippen LogP contribution >= 0.6 is 0 Å². The van der Waals surface area contributed by atoms with Gasteiger partial charge in [-0.05, 0) is 47.1 Å². The van der Waals surface area contributed by atoms with E-state index in [1.807, 2.05) is 72.8 Å². The van der Waals surface area contributed by atoms with Crippen molar-refractivity contribution in [3.05, 3.63) is 90.5 Å². The maximum absolute atomic E-state index is 13.8. The fraction of sp³-hybridized carbons (Fsp3) is 0.300. The van der Waals surface area contributed by atoms with Crippen molar-refractivity contribution in [1.29, 1.82) is 0 Å². The summed E-state index contributed by atoms with van der Waals surface area (Å²) in [4.78, 5) is 42.7. The summed E-state index contributed by atoms with van der Waals surface area (Å²) >= 11 is 0. The number of benzene rings is 3. The Morgan fingerprint density at radius 1 is 0.829 bits per heavy atom. The number of rotatable bonds is 5. The number of nitrogens with zero attached hydrogens (tertiary/aromatic N) is 1. The van der Waals surface area contributed by atoms with E-state index in [0.29, 0.717) is 23.9 Å². The number of anilines is 1. The molecule has 0 spiro atoms. The standard InChI is InChI=1S/C30H26N2O3/c33-28(31-24-12-6-10-18-9-4-5-11-19(18)24)25(15-17-7-2-1-3-8-17)32-29(34)26-20-13-14-21(23-16-22(20)23)27(26)30(32)35/h1-14,20-23,25-27H,15-16H2,(H,31,33)/t20-,21-,22-,23-,25+,26-,27+/m1/s1. The van der Waals surface area contributed by atoms with Crippen molar-refractivity contribution in [3.8, 4) is 0 Å². The summed E-state index contributed by atoms with van der Waals surface area (Å²) in [5.41, 5.74) is 1.61. The van der Waals surface area contributed by atoms with Crippen LogP contribution in [0.25, 0.3) is 10.8 Å². The van der Waals surface area contributed by atoms with E-state index in [2.05, 4.69) is 17.5 Å². The predicted octanol–water partition coefficient (Wildman–Crippen LogP) is 4.44. The molecule has 5 heteroatoms. The van der Waals surface area contributed by atoms with Crippen molar-refractivity contribution < 1.29 is 14.4 Å². The van der Waals surface area contributed by atoms with E-state index >= 15 is 0 Å². The molecule has 0 aromatic heterocycles. The van der Waals surface area contributed by atoms with Crippen LogP contribution in [0.2, 0.25) is 0 Å². The molecule has 1 saturated heterocycles. The first-order valence-corrected chi connectivity index (χ1v) is 12.5. The van der Waals surface area contributed by atoms with E-state index < -0.39 is 6.04 Å². The molecule has 1 N–H and O–H groups in total. The third-order valence-electron chi connectivity index (χ3n) is 8.63. The van der Waals surface area contributed by atoms with Crippen LogP contribution in [0.1, 0.15) is 12.0 Å². The average Bonchev–Trinajstić information content (AvgIpc) is 3.67. The number of allylic oxidation sites excluding steroid dienone is 2. The SMILES string of the molecule is O=C(Nc1cccc2ccccc12)[C@H](Cc1ccccc1)N1C(=O)[C@@H]2[C@@H]3C=C[C@H]([C@H]4C[C@H]34)[C@@H]2C1=O. The number of nitrogens with one attached hydrogen (secondary N) is 1. The number of hydrogen-bond acceptors (Lipinski definition) is 3. The van der Waals surface area contributed by atoms with Gasteiger partial charge in [-0.15, -0.1) is 0 Å². The molecule has 0 radical (unpaired) electrons. The number of imide groups is 1. The van der Waals surface area contributed by atoms with Crippen molar-refractivity contribution in [2.24, 2.45) is 35.5 Å². The van der Waals surface area contributed by atoms with Crippen LogP contribution in [0.5, 0.6) is 0 Å². The normalized spacial score (nSPS) is 30.8. The zero-order valence-corrected chi connectivity index (χ0v) is 19.2. The van der Waals surface area contributed by atoms with Crippen molar-refractivity contribution in [2.45, 2.75) is 18.9 Å². The average molecular weight is 463 g/mol. The first kappa shape index (κ1) is 20.6. The van der Waals surface area contributed by atoms with Crippen LogP contribution in [0.15, 0.2) is 84.9 Å². The van der Waals surface area contributed by atoms with Crippen LogP contribution in [0.4, 0.5) is 5.69 Å². The van der Waals surface area contributed by atoms with Gasteiger partial charge >= 0.3 is 0 Å². The molecule has 0 unspecified atom stereocenters. The van der Waals surface area contributed by atoms with E-state index in [9.17, 15) is 14.4 Å². The zero-order chi connectivity index (χ0) is 23.7. The molecule has 2 bridgehead atoms. The first-order chi connectivity index (χ1) is 17.1. The first-order valence-electron chi connectivity index (χ1n) is 12.5. The van der Waals surface area contributed by atoms with Gasteiger partial charge in [0.15, 0.2) is 0 Å². The van der Waals surface area contributed by atoms with Crippen LogP contribution in [0.3, 0.4) is 0 Å². The summed E-state index contributed by atoms with van der Waals surface area (Å²) in [6, 6.07) is 22.4. The van der Waals surface area contributed by atoms with E-state index in [1.165, 1.54) is 4.90 Å². The Morgan fingerprint density at radius 3 is 2.17 bits per heavy atom. The predicted molar refractivity (Wildman–Crippen MR) is 133 cm³/mol. The fourth-order valence-corrected chi connectivity index (χ4v) is 6.98. The van der Waals surface area contributed by atoms with Gasteiger partial charge in [-0.25, -0.2) is 0 Å². The molecule has 3 aromatic rings. The maximum atomic E-state index is 13.8. The highest BCUT2D eigenvalue weighted by Gasteiger charge is 2.67. The third kappa shape index (κ3) is 3.10.